The summed E-state index contributed by atoms with van der Waals surface area (Å²) in [4.78, 5) is 12.0. The maximum atomic E-state index is 13.2. The molecule has 0 heterocycles. The summed E-state index contributed by atoms with van der Waals surface area (Å²) in [6.45, 7) is 6.08. The van der Waals surface area contributed by atoms with Crippen molar-refractivity contribution in [3.63, 3.8) is 0 Å². The van der Waals surface area contributed by atoms with Crippen LogP contribution in [0.15, 0.2) is 24.3 Å². The minimum Gasteiger partial charge on any atom is -0.455 e. The molecule has 128 valence electrons. The molecule has 0 aliphatic heterocycles. The van der Waals surface area contributed by atoms with Gasteiger partial charge in [-0.25, -0.2) is 4.79 Å². The van der Waals surface area contributed by atoms with E-state index in [1.165, 1.54) is 19.1 Å². The Morgan fingerprint density at radius 2 is 1.65 bits per heavy atom. The summed E-state index contributed by atoms with van der Waals surface area (Å²) < 4.78 is 44.4. The minimum atomic E-state index is -4.71. The number of carbonyl (C=O) groups is 1. The molecule has 1 atom stereocenters. The lowest BCUT2D eigenvalue weighted by Crippen LogP contribution is -2.43. The number of halogens is 3. The van der Waals surface area contributed by atoms with Crippen molar-refractivity contribution in [2.24, 2.45) is 0 Å². The molecule has 0 saturated carbocycles. The maximum Gasteiger partial charge on any atom is 0.416 e. The van der Waals surface area contributed by atoms with E-state index in [1.807, 2.05) is 0 Å². The van der Waals surface area contributed by atoms with E-state index < -0.39 is 40.2 Å². The summed E-state index contributed by atoms with van der Waals surface area (Å²) in [5.74, 6) is -1.15. The van der Waals surface area contributed by atoms with E-state index in [0.29, 0.717) is 0 Å². The summed E-state index contributed by atoms with van der Waals surface area (Å²) >= 11 is 0. The molecule has 1 aromatic rings. The molecule has 0 aliphatic carbocycles. The minimum absolute atomic E-state index is 0.280. The normalized spacial score (nSPS) is 15.0. The van der Waals surface area contributed by atoms with Crippen LogP contribution in [0.25, 0.3) is 0 Å². The van der Waals surface area contributed by atoms with Gasteiger partial charge in [0.25, 0.3) is 0 Å². The van der Waals surface area contributed by atoms with Gasteiger partial charge >= 0.3 is 12.1 Å². The lowest BCUT2D eigenvalue weighted by molar-refractivity contribution is -0.148. The van der Waals surface area contributed by atoms with Gasteiger partial charge in [-0.15, -0.1) is 0 Å². The highest BCUT2D eigenvalue weighted by Gasteiger charge is 2.45. The predicted octanol–water partition coefficient (Wildman–Crippen LogP) is 3.66. The van der Waals surface area contributed by atoms with Crippen molar-refractivity contribution >= 4 is 11.7 Å². The number of carbonyl (C=O) groups excluding carboxylic acids is 1. The molecule has 2 N–H and O–H groups in total. The van der Waals surface area contributed by atoms with Crippen LogP contribution in [0.2, 0.25) is 0 Å². The van der Waals surface area contributed by atoms with E-state index in [4.69, 9.17) is 10.1 Å². The van der Waals surface area contributed by atoms with Crippen molar-refractivity contribution in [2.75, 3.05) is 0 Å². The zero-order valence-electron chi connectivity index (χ0n) is 13.4. The third-order valence-electron chi connectivity index (χ3n) is 3.21. The van der Waals surface area contributed by atoms with Gasteiger partial charge in [0.15, 0.2) is 5.71 Å². The SMILES string of the molecule is CCC(O)(C(=N)C(=O)OC(C)(C)C)c1ccccc1C(F)(F)F. The Kier molecular flexibility index (Phi) is 5.26. The zero-order chi connectivity index (χ0) is 18.1. The largest absolute Gasteiger partial charge is 0.455 e. The number of nitrogens with one attached hydrogen (secondary N) is 1. The first kappa shape index (κ1) is 19.2. The van der Waals surface area contributed by atoms with E-state index in [1.54, 1.807) is 20.8 Å². The molecule has 1 aromatic carbocycles. The second-order valence-corrected chi connectivity index (χ2v) is 6.13. The maximum absolute atomic E-state index is 13.2. The molecule has 0 bridgehead atoms. The van der Waals surface area contributed by atoms with Crippen LogP contribution in [-0.4, -0.2) is 22.4 Å². The van der Waals surface area contributed by atoms with Gasteiger partial charge in [0, 0.05) is 5.56 Å². The van der Waals surface area contributed by atoms with Gasteiger partial charge in [0.05, 0.1) is 5.56 Å². The van der Waals surface area contributed by atoms with Crippen LogP contribution in [-0.2, 0) is 21.3 Å². The molecule has 0 saturated heterocycles. The monoisotopic (exact) mass is 331 g/mol. The van der Waals surface area contributed by atoms with Gasteiger partial charge < -0.3 is 9.84 Å². The Bertz CT molecular complexity index is 605. The fourth-order valence-electron chi connectivity index (χ4n) is 2.09. The van der Waals surface area contributed by atoms with E-state index >= 15 is 0 Å². The van der Waals surface area contributed by atoms with Crippen LogP contribution in [0.3, 0.4) is 0 Å². The molecule has 4 nitrogen and oxygen atoms in total. The van der Waals surface area contributed by atoms with E-state index in [9.17, 15) is 23.1 Å². The second-order valence-electron chi connectivity index (χ2n) is 6.13. The third-order valence-corrected chi connectivity index (χ3v) is 3.21. The van der Waals surface area contributed by atoms with E-state index in [0.717, 1.165) is 12.1 Å². The van der Waals surface area contributed by atoms with Crippen LogP contribution in [0.4, 0.5) is 13.2 Å². The highest BCUT2D eigenvalue weighted by Crippen LogP contribution is 2.38. The fraction of sp³-hybridized carbons (Fsp3) is 0.500. The van der Waals surface area contributed by atoms with Crippen molar-refractivity contribution in [1.82, 2.24) is 0 Å². The quantitative estimate of drug-likeness (QED) is 0.653. The van der Waals surface area contributed by atoms with Crippen molar-refractivity contribution in [2.45, 2.75) is 51.5 Å². The molecule has 0 fully saturated rings. The number of esters is 1. The lowest BCUT2D eigenvalue weighted by atomic mass is 9.83. The molecule has 0 spiro atoms. The Labute approximate surface area is 132 Å². The van der Waals surface area contributed by atoms with Crippen LogP contribution in [0.5, 0.6) is 0 Å². The highest BCUT2D eigenvalue weighted by atomic mass is 19.4. The molecule has 0 amide bonds. The number of hydrogen-bond donors (Lipinski definition) is 2. The molecule has 23 heavy (non-hydrogen) atoms. The Balaban J connectivity index is 3.36. The summed E-state index contributed by atoms with van der Waals surface area (Å²) in [5, 5.41) is 18.5. The third kappa shape index (κ3) is 4.31. The molecule has 1 unspecified atom stereocenters. The molecule has 0 aliphatic rings. The number of alkyl halides is 3. The standard InChI is InChI=1S/C16H20F3NO3/c1-5-15(22,12(20)13(21)23-14(2,3)4)10-8-6-7-9-11(10)16(17,18)19/h6-9,20,22H,5H2,1-4H3. The number of benzene rings is 1. The average Bonchev–Trinajstić information content (AvgIpc) is 2.43. The molecular weight excluding hydrogens is 311 g/mol. The van der Waals surface area contributed by atoms with Crippen LogP contribution < -0.4 is 0 Å². The van der Waals surface area contributed by atoms with Crippen LogP contribution in [0, 0.1) is 5.41 Å². The van der Waals surface area contributed by atoms with Crippen molar-refractivity contribution in [3.05, 3.63) is 35.4 Å². The van der Waals surface area contributed by atoms with Crippen LogP contribution >= 0.6 is 0 Å². The lowest BCUT2D eigenvalue weighted by Gasteiger charge is -2.31. The summed E-state index contributed by atoms with van der Waals surface area (Å²) in [6.07, 6.45) is -4.99. The molecule has 0 aromatic heterocycles. The van der Waals surface area contributed by atoms with Crippen LogP contribution in [0.1, 0.15) is 45.2 Å². The fourth-order valence-corrected chi connectivity index (χ4v) is 2.09. The van der Waals surface area contributed by atoms with E-state index in [2.05, 4.69) is 0 Å². The molecule has 1 rings (SSSR count). The van der Waals surface area contributed by atoms with Gasteiger partial charge in [-0.05, 0) is 33.3 Å². The van der Waals surface area contributed by atoms with Crippen molar-refractivity contribution in [1.29, 1.82) is 5.41 Å². The second kappa shape index (κ2) is 6.31. The van der Waals surface area contributed by atoms with Gasteiger partial charge in [0.1, 0.15) is 11.2 Å². The summed E-state index contributed by atoms with van der Waals surface area (Å²) in [7, 11) is 0. The topological polar surface area (TPSA) is 70.4 Å². The van der Waals surface area contributed by atoms with Crippen molar-refractivity contribution in [3.8, 4) is 0 Å². The first-order chi connectivity index (χ1) is 10.3. The summed E-state index contributed by atoms with van der Waals surface area (Å²) in [6, 6.07) is 4.36. The predicted molar refractivity (Wildman–Crippen MR) is 79.2 cm³/mol. The first-order valence-electron chi connectivity index (χ1n) is 7.04. The zero-order valence-corrected chi connectivity index (χ0v) is 13.4. The van der Waals surface area contributed by atoms with Gasteiger partial charge in [0.2, 0.25) is 0 Å². The number of rotatable bonds is 4. The Morgan fingerprint density at radius 1 is 1.17 bits per heavy atom. The van der Waals surface area contributed by atoms with Crippen molar-refractivity contribution < 1.29 is 27.8 Å². The van der Waals surface area contributed by atoms with Gasteiger partial charge in [-0.1, -0.05) is 25.1 Å². The Morgan fingerprint density at radius 3 is 2.04 bits per heavy atom. The number of aliphatic hydroxyl groups is 1. The van der Waals surface area contributed by atoms with Gasteiger partial charge in [-0.2, -0.15) is 13.2 Å². The smallest absolute Gasteiger partial charge is 0.416 e. The van der Waals surface area contributed by atoms with E-state index in [-0.39, 0.29) is 6.42 Å². The summed E-state index contributed by atoms with van der Waals surface area (Å²) in [5.41, 5.74) is -5.86. The first-order valence-corrected chi connectivity index (χ1v) is 7.04. The molecular formula is C16H20F3NO3. The molecule has 7 heteroatoms. The van der Waals surface area contributed by atoms with Gasteiger partial charge in [-0.3, -0.25) is 5.41 Å². The number of hydrogen-bond acceptors (Lipinski definition) is 4. The molecule has 0 radical (unpaired) electrons. The number of ether oxygens (including phenoxy) is 1. The Hall–Kier alpha value is -1.89. The average molecular weight is 331 g/mol. The highest BCUT2D eigenvalue weighted by molar-refractivity contribution is 6.38.